The van der Waals surface area contributed by atoms with Crippen molar-refractivity contribution >= 4 is 40.0 Å². The zero-order valence-electron chi connectivity index (χ0n) is 14.6. The molecule has 0 saturated heterocycles. The highest BCUT2D eigenvalue weighted by Gasteiger charge is 2.10. The molecular weight excluding hydrogens is 368 g/mol. The van der Waals surface area contributed by atoms with Gasteiger partial charge in [0.15, 0.2) is 0 Å². The van der Waals surface area contributed by atoms with Crippen LogP contribution in [0, 0.1) is 13.8 Å². The lowest BCUT2D eigenvalue weighted by molar-refractivity contribution is -0.118. The van der Waals surface area contributed by atoms with E-state index < -0.39 is 0 Å². The van der Waals surface area contributed by atoms with Gasteiger partial charge >= 0.3 is 0 Å². The highest BCUT2D eigenvalue weighted by Crippen LogP contribution is 2.33. The van der Waals surface area contributed by atoms with Crippen molar-refractivity contribution in [1.82, 2.24) is 10.3 Å². The molecule has 1 heterocycles. The number of hydrogen-bond acceptors (Lipinski definition) is 3. The van der Waals surface area contributed by atoms with Crippen LogP contribution in [0.4, 0.5) is 0 Å². The molecule has 6 heteroatoms. The largest absolute Gasteiger partial charge is 0.351 e. The number of aromatic nitrogens is 1. The molecule has 0 aliphatic carbocycles. The van der Waals surface area contributed by atoms with Crippen molar-refractivity contribution in [2.75, 3.05) is 5.75 Å². The van der Waals surface area contributed by atoms with Gasteiger partial charge in [0.2, 0.25) is 5.91 Å². The van der Waals surface area contributed by atoms with Gasteiger partial charge in [-0.1, -0.05) is 35.9 Å². The SMILES string of the molecule is Cc1cc(C)c(CNC(=O)CSc2cccc3cccc(Cl)c23)c(=O)[nH]1. The summed E-state index contributed by atoms with van der Waals surface area (Å²) in [5, 5.41) is 5.50. The molecule has 3 rings (SSSR count). The third-order valence-electron chi connectivity index (χ3n) is 4.13. The predicted octanol–water partition coefficient (Wildman–Crippen LogP) is 4.21. The minimum atomic E-state index is -0.156. The highest BCUT2D eigenvalue weighted by molar-refractivity contribution is 8.00. The summed E-state index contributed by atoms with van der Waals surface area (Å²) < 4.78 is 0. The number of H-pyrrole nitrogens is 1. The molecule has 0 spiro atoms. The van der Waals surface area contributed by atoms with E-state index in [4.69, 9.17) is 11.6 Å². The number of halogens is 1. The van der Waals surface area contributed by atoms with Crippen molar-refractivity contribution in [3.63, 3.8) is 0 Å². The molecule has 3 aromatic rings. The van der Waals surface area contributed by atoms with Crippen LogP contribution in [0.1, 0.15) is 16.8 Å². The third kappa shape index (κ3) is 4.11. The standard InChI is InChI=1S/C20H19ClN2O2S/c1-12-9-13(2)23-20(25)15(12)10-22-18(24)11-26-17-8-4-6-14-5-3-7-16(21)19(14)17/h3-9H,10-11H2,1-2H3,(H,22,24)(H,23,25). The summed E-state index contributed by atoms with van der Waals surface area (Å²) >= 11 is 7.75. The number of aryl methyl sites for hydroxylation is 2. The van der Waals surface area contributed by atoms with Gasteiger partial charge in [-0.25, -0.2) is 0 Å². The molecule has 1 amide bonds. The topological polar surface area (TPSA) is 62.0 Å². The van der Waals surface area contributed by atoms with Gasteiger partial charge in [-0.2, -0.15) is 0 Å². The van der Waals surface area contributed by atoms with E-state index in [2.05, 4.69) is 10.3 Å². The Hall–Kier alpha value is -2.24. The normalized spacial score (nSPS) is 10.9. The Kier molecular flexibility index (Phi) is 5.69. The van der Waals surface area contributed by atoms with Crippen LogP contribution < -0.4 is 10.9 Å². The number of hydrogen-bond donors (Lipinski definition) is 2. The Bertz CT molecular complexity index is 1020. The van der Waals surface area contributed by atoms with E-state index in [0.29, 0.717) is 10.6 Å². The summed E-state index contributed by atoms with van der Waals surface area (Å²) in [6, 6.07) is 13.6. The van der Waals surface area contributed by atoms with Crippen molar-refractivity contribution < 1.29 is 4.79 Å². The fourth-order valence-electron chi connectivity index (χ4n) is 2.87. The average molecular weight is 387 g/mol. The van der Waals surface area contributed by atoms with E-state index in [1.807, 2.05) is 56.3 Å². The van der Waals surface area contributed by atoms with Crippen molar-refractivity contribution in [1.29, 1.82) is 0 Å². The molecule has 2 N–H and O–H groups in total. The van der Waals surface area contributed by atoms with E-state index in [-0.39, 0.29) is 23.8 Å². The smallest absolute Gasteiger partial charge is 0.253 e. The molecule has 2 aromatic carbocycles. The Labute approximate surface area is 161 Å². The van der Waals surface area contributed by atoms with Crippen LogP contribution >= 0.6 is 23.4 Å². The van der Waals surface area contributed by atoms with Gasteiger partial charge in [0.25, 0.3) is 5.56 Å². The lowest BCUT2D eigenvalue weighted by Gasteiger charge is -2.10. The van der Waals surface area contributed by atoms with E-state index in [1.54, 1.807) is 0 Å². The van der Waals surface area contributed by atoms with Crippen LogP contribution in [0.2, 0.25) is 5.02 Å². The number of carbonyl (C=O) groups is 1. The first-order valence-corrected chi connectivity index (χ1v) is 9.58. The van der Waals surface area contributed by atoms with E-state index in [1.165, 1.54) is 11.8 Å². The number of fused-ring (bicyclic) bond motifs is 1. The molecule has 0 fully saturated rings. The van der Waals surface area contributed by atoms with Gasteiger partial charge in [0.05, 0.1) is 5.75 Å². The molecule has 0 saturated carbocycles. The van der Waals surface area contributed by atoms with Crippen LogP contribution in [0.5, 0.6) is 0 Å². The molecule has 1 aromatic heterocycles. The second kappa shape index (κ2) is 7.98. The lowest BCUT2D eigenvalue weighted by atomic mass is 10.1. The highest BCUT2D eigenvalue weighted by atomic mass is 35.5. The average Bonchev–Trinajstić information content (AvgIpc) is 2.59. The molecule has 0 radical (unpaired) electrons. The van der Waals surface area contributed by atoms with E-state index >= 15 is 0 Å². The van der Waals surface area contributed by atoms with Gasteiger partial charge in [0.1, 0.15) is 0 Å². The van der Waals surface area contributed by atoms with Crippen LogP contribution in [-0.2, 0) is 11.3 Å². The van der Waals surface area contributed by atoms with E-state index in [9.17, 15) is 9.59 Å². The summed E-state index contributed by atoms with van der Waals surface area (Å²) in [5.41, 5.74) is 2.12. The number of thioether (sulfide) groups is 1. The zero-order valence-corrected chi connectivity index (χ0v) is 16.1. The Balaban J connectivity index is 1.66. The Morgan fingerprint density at radius 3 is 2.65 bits per heavy atom. The minimum absolute atomic E-state index is 0.126. The predicted molar refractivity (Wildman–Crippen MR) is 108 cm³/mol. The maximum absolute atomic E-state index is 12.2. The van der Waals surface area contributed by atoms with Crippen molar-refractivity contribution in [3.8, 4) is 0 Å². The van der Waals surface area contributed by atoms with Crippen LogP contribution in [0.15, 0.2) is 52.2 Å². The maximum Gasteiger partial charge on any atom is 0.253 e. The first-order valence-electron chi connectivity index (χ1n) is 8.22. The Morgan fingerprint density at radius 1 is 1.19 bits per heavy atom. The van der Waals surface area contributed by atoms with Crippen molar-refractivity contribution in [3.05, 3.63) is 74.7 Å². The summed E-state index contributed by atoms with van der Waals surface area (Å²) in [7, 11) is 0. The number of carbonyl (C=O) groups excluding carboxylic acids is 1. The molecule has 134 valence electrons. The van der Waals surface area contributed by atoms with Crippen LogP contribution in [0.25, 0.3) is 10.8 Å². The van der Waals surface area contributed by atoms with Crippen molar-refractivity contribution in [2.24, 2.45) is 0 Å². The molecule has 0 unspecified atom stereocenters. The summed E-state index contributed by atoms with van der Waals surface area (Å²) in [5.74, 6) is 0.131. The number of nitrogens with one attached hydrogen (secondary N) is 2. The molecule has 4 nitrogen and oxygen atoms in total. The van der Waals surface area contributed by atoms with Crippen LogP contribution in [0.3, 0.4) is 0 Å². The first-order chi connectivity index (χ1) is 12.5. The first kappa shape index (κ1) is 18.5. The minimum Gasteiger partial charge on any atom is -0.351 e. The lowest BCUT2D eigenvalue weighted by Crippen LogP contribution is -2.29. The number of rotatable bonds is 5. The third-order valence-corrected chi connectivity index (χ3v) is 5.50. The summed E-state index contributed by atoms with van der Waals surface area (Å²) in [4.78, 5) is 28.0. The number of aromatic amines is 1. The van der Waals surface area contributed by atoms with Crippen molar-refractivity contribution in [2.45, 2.75) is 25.3 Å². The second-order valence-corrected chi connectivity index (χ2v) is 7.53. The number of pyridine rings is 1. The Morgan fingerprint density at radius 2 is 1.92 bits per heavy atom. The fraction of sp³-hybridized carbons (Fsp3) is 0.200. The summed E-state index contributed by atoms with van der Waals surface area (Å²) in [6.07, 6.45) is 0. The molecule has 26 heavy (non-hydrogen) atoms. The molecule has 0 bridgehead atoms. The van der Waals surface area contributed by atoms with Gasteiger partial charge < -0.3 is 10.3 Å². The maximum atomic E-state index is 12.2. The monoisotopic (exact) mass is 386 g/mol. The van der Waals surface area contributed by atoms with Gasteiger partial charge in [0, 0.05) is 33.1 Å². The molecular formula is C20H19ClN2O2S. The molecule has 0 aliphatic heterocycles. The van der Waals surface area contributed by atoms with Gasteiger partial charge in [-0.15, -0.1) is 11.8 Å². The molecule has 0 atom stereocenters. The second-order valence-electron chi connectivity index (χ2n) is 6.10. The quantitative estimate of drug-likeness (QED) is 0.646. The number of amides is 1. The van der Waals surface area contributed by atoms with Crippen LogP contribution in [-0.4, -0.2) is 16.6 Å². The van der Waals surface area contributed by atoms with E-state index in [0.717, 1.165) is 26.9 Å². The summed E-state index contributed by atoms with van der Waals surface area (Å²) in [6.45, 7) is 3.93. The van der Waals surface area contributed by atoms with Gasteiger partial charge in [-0.3, -0.25) is 9.59 Å². The zero-order chi connectivity index (χ0) is 18.7. The van der Waals surface area contributed by atoms with Gasteiger partial charge in [-0.05, 0) is 43.0 Å². The number of benzene rings is 2. The molecule has 0 aliphatic rings. The fourth-order valence-corrected chi connectivity index (χ4v) is 4.14.